The molecule has 4 heteroatoms. The summed E-state index contributed by atoms with van der Waals surface area (Å²) < 4.78 is 11.5. The van der Waals surface area contributed by atoms with Crippen LogP contribution in [0.1, 0.15) is 30.9 Å². The summed E-state index contributed by atoms with van der Waals surface area (Å²) in [5.41, 5.74) is 2.12. The molecule has 21 heavy (non-hydrogen) atoms. The number of hydrogen-bond donors (Lipinski definition) is 2. The average Bonchev–Trinajstić information content (AvgIpc) is 2.85. The van der Waals surface area contributed by atoms with Crippen molar-refractivity contribution in [2.45, 2.75) is 45.3 Å². The molecule has 0 aliphatic carbocycles. The van der Waals surface area contributed by atoms with Gasteiger partial charge in [0.1, 0.15) is 18.5 Å². The molecule has 2 atom stereocenters. The summed E-state index contributed by atoms with van der Waals surface area (Å²) in [4.78, 5) is 0. The van der Waals surface area contributed by atoms with E-state index in [2.05, 4.69) is 12.2 Å². The third-order valence-corrected chi connectivity index (χ3v) is 4.01. The molecule has 4 nitrogen and oxygen atoms in total. The number of aliphatic hydroxyl groups excluding tert-OH is 1. The SMILES string of the molecule is Cc1cccc(C)c1OCC(O)CNCC1(C)CCCO1. The second-order valence-corrected chi connectivity index (χ2v) is 6.22. The van der Waals surface area contributed by atoms with Crippen LogP contribution in [-0.2, 0) is 4.74 Å². The predicted octanol–water partition coefficient (Wildman–Crippen LogP) is 2.20. The second kappa shape index (κ2) is 7.25. The van der Waals surface area contributed by atoms with E-state index in [0.29, 0.717) is 13.2 Å². The molecule has 1 heterocycles. The molecule has 2 rings (SSSR count). The number of hydrogen-bond acceptors (Lipinski definition) is 4. The fraction of sp³-hybridized carbons (Fsp3) is 0.647. The van der Waals surface area contributed by atoms with Gasteiger partial charge >= 0.3 is 0 Å². The van der Waals surface area contributed by atoms with E-state index in [1.54, 1.807) is 0 Å². The maximum Gasteiger partial charge on any atom is 0.125 e. The zero-order valence-electron chi connectivity index (χ0n) is 13.3. The molecular formula is C17H27NO3. The zero-order valence-corrected chi connectivity index (χ0v) is 13.3. The number of benzene rings is 1. The first kappa shape index (κ1) is 16.3. The highest BCUT2D eigenvalue weighted by Crippen LogP contribution is 2.24. The standard InChI is InChI=1S/C17H27NO3/c1-13-6-4-7-14(2)16(13)20-11-15(19)10-18-12-17(3)8-5-9-21-17/h4,6-7,15,18-19H,5,8-12H2,1-3H3. The molecule has 1 aliphatic heterocycles. The smallest absolute Gasteiger partial charge is 0.125 e. The van der Waals surface area contributed by atoms with E-state index < -0.39 is 6.10 Å². The molecule has 1 saturated heterocycles. The van der Waals surface area contributed by atoms with Crippen LogP contribution in [0.3, 0.4) is 0 Å². The van der Waals surface area contributed by atoms with Crippen molar-refractivity contribution < 1.29 is 14.6 Å². The fourth-order valence-corrected chi connectivity index (χ4v) is 2.74. The van der Waals surface area contributed by atoms with Gasteiger partial charge in [0.05, 0.1) is 5.60 Å². The van der Waals surface area contributed by atoms with E-state index >= 15 is 0 Å². The minimum absolute atomic E-state index is 0.0762. The number of para-hydroxylation sites is 1. The number of aliphatic hydroxyl groups is 1. The molecule has 0 bridgehead atoms. The first-order chi connectivity index (χ1) is 10.0. The predicted molar refractivity (Wildman–Crippen MR) is 83.9 cm³/mol. The van der Waals surface area contributed by atoms with Crippen molar-refractivity contribution in [1.29, 1.82) is 0 Å². The maximum absolute atomic E-state index is 10.0. The van der Waals surface area contributed by atoms with Crippen molar-refractivity contribution >= 4 is 0 Å². The highest BCUT2D eigenvalue weighted by atomic mass is 16.5. The Labute approximate surface area is 127 Å². The van der Waals surface area contributed by atoms with Crippen LogP contribution in [0, 0.1) is 13.8 Å². The van der Waals surface area contributed by atoms with Gasteiger partial charge in [0.15, 0.2) is 0 Å². The number of rotatable bonds is 7. The maximum atomic E-state index is 10.0. The topological polar surface area (TPSA) is 50.7 Å². The Morgan fingerprint density at radius 2 is 2.10 bits per heavy atom. The molecule has 0 aromatic heterocycles. The normalized spacial score (nSPS) is 23.2. The van der Waals surface area contributed by atoms with E-state index in [-0.39, 0.29) is 5.60 Å². The van der Waals surface area contributed by atoms with Crippen molar-refractivity contribution in [3.8, 4) is 5.75 Å². The Balaban J connectivity index is 1.71. The minimum atomic E-state index is -0.519. The summed E-state index contributed by atoms with van der Waals surface area (Å²) in [5, 5.41) is 13.3. The van der Waals surface area contributed by atoms with E-state index in [1.165, 1.54) is 0 Å². The third-order valence-electron chi connectivity index (χ3n) is 4.01. The Morgan fingerprint density at radius 3 is 2.71 bits per heavy atom. The van der Waals surface area contributed by atoms with Crippen LogP contribution < -0.4 is 10.1 Å². The molecule has 0 spiro atoms. The van der Waals surface area contributed by atoms with Gasteiger partial charge in [-0.05, 0) is 44.7 Å². The molecule has 1 fully saturated rings. The number of nitrogens with one attached hydrogen (secondary N) is 1. The summed E-state index contributed by atoms with van der Waals surface area (Å²) in [6, 6.07) is 6.05. The fourth-order valence-electron chi connectivity index (χ4n) is 2.74. The first-order valence-electron chi connectivity index (χ1n) is 7.72. The van der Waals surface area contributed by atoms with Gasteiger partial charge in [-0.3, -0.25) is 0 Å². The average molecular weight is 293 g/mol. The molecule has 1 aromatic rings. The molecule has 118 valence electrons. The van der Waals surface area contributed by atoms with Crippen molar-refractivity contribution in [2.24, 2.45) is 0 Å². The highest BCUT2D eigenvalue weighted by Gasteiger charge is 2.29. The van der Waals surface area contributed by atoms with E-state index in [9.17, 15) is 5.11 Å². The van der Waals surface area contributed by atoms with Gasteiger partial charge < -0.3 is 19.9 Å². The van der Waals surface area contributed by atoms with E-state index in [1.807, 2.05) is 32.0 Å². The lowest BCUT2D eigenvalue weighted by molar-refractivity contribution is 0.0170. The van der Waals surface area contributed by atoms with Crippen LogP contribution >= 0.6 is 0 Å². The monoisotopic (exact) mass is 293 g/mol. The van der Waals surface area contributed by atoms with Crippen LogP contribution in [0.25, 0.3) is 0 Å². The summed E-state index contributed by atoms with van der Waals surface area (Å²) in [6.45, 7) is 8.59. The first-order valence-corrected chi connectivity index (χ1v) is 7.72. The highest BCUT2D eigenvalue weighted by molar-refractivity contribution is 5.39. The van der Waals surface area contributed by atoms with Crippen LogP contribution in [-0.4, -0.2) is 43.1 Å². The van der Waals surface area contributed by atoms with Gasteiger partial charge in [-0.15, -0.1) is 0 Å². The molecule has 0 radical (unpaired) electrons. The Hall–Kier alpha value is -1.10. The lowest BCUT2D eigenvalue weighted by Gasteiger charge is -2.24. The lowest BCUT2D eigenvalue weighted by Crippen LogP contribution is -2.41. The van der Waals surface area contributed by atoms with Crippen molar-refractivity contribution in [3.05, 3.63) is 29.3 Å². The van der Waals surface area contributed by atoms with Gasteiger partial charge in [0.25, 0.3) is 0 Å². The Morgan fingerprint density at radius 1 is 1.38 bits per heavy atom. The summed E-state index contributed by atoms with van der Waals surface area (Å²) in [6.07, 6.45) is 1.68. The van der Waals surface area contributed by atoms with Crippen LogP contribution in [0.5, 0.6) is 5.75 Å². The molecule has 0 amide bonds. The largest absolute Gasteiger partial charge is 0.490 e. The molecule has 2 N–H and O–H groups in total. The molecular weight excluding hydrogens is 266 g/mol. The third kappa shape index (κ3) is 4.70. The van der Waals surface area contributed by atoms with Crippen molar-refractivity contribution in [3.63, 3.8) is 0 Å². The Bertz CT molecular complexity index is 435. The summed E-state index contributed by atoms with van der Waals surface area (Å²) >= 11 is 0. The Kier molecular flexibility index (Phi) is 5.62. The minimum Gasteiger partial charge on any atom is -0.490 e. The van der Waals surface area contributed by atoms with E-state index in [4.69, 9.17) is 9.47 Å². The van der Waals surface area contributed by atoms with Gasteiger partial charge in [0.2, 0.25) is 0 Å². The number of aryl methyl sites for hydroxylation is 2. The molecule has 0 saturated carbocycles. The van der Waals surface area contributed by atoms with Crippen LogP contribution in [0.15, 0.2) is 18.2 Å². The van der Waals surface area contributed by atoms with Crippen LogP contribution in [0.4, 0.5) is 0 Å². The number of ether oxygens (including phenoxy) is 2. The van der Waals surface area contributed by atoms with Crippen molar-refractivity contribution in [2.75, 3.05) is 26.3 Å². The summed E-state index contributed by atoms with van der Waals surface area (Å²) in [7, 11) is 0. The van der Waals surface area contributed by atoms with Gasteiger partial charge in [-0.25, -0.2) is 0 Å². The second-order valence-electron chi connectivity index (χ2n) is 6.22. The summed E-state index contributed by atoms with van der Waals surface area (Å²) in [5.74, 6) is 0.877. The zero-order chi connectivity index (χ0) is 15.3. The molecule has 2 unspecified atom stereocenters. The van der Waals surface area contributed by atoms with Crippen LogP contribution in [0.2, 0.25) is 0 Å². The van der Waals surface area contributed by atoms with E-state index in [0.717, 1.165) is 42.9 Å². The molecule has 1 aliphatic rings. The van der Waals surface area contributed by atoms with Gasteiger partial charge in [-0.1, -0.05) is 18.2 Å². The lowest BCUT2D eigenvalue weighted by atomic mass is 10.0. The van der Waals surface area contributed by atoms with Gasteiger partial charge in [-0.2, -0.15) is 0 Å². The molecule has 1 aromatic carbocycles. The van der Waals surface area contributed by atoms with Gasteiger partial charge in [0, 0.05) is 19.7 Å². The van der Waals surface area contributed by atoms with Crippen molar-refractivity contribution in [1.82, 2.24) is 5.32 Å². The quantitative estimate of drug-likeness (QED) is 0.809.